The van der Waals surface area contributed by atoms with E-state index in [1.165, 1.54) is 32.3 Å². The summed E-state index contributed by atoms with van der Waals surface area (Å²) in [6.07, 6.45) is 0.955. The molecule has 1 aliphatic carbocycles. The quantitative estimate of drug-likeness (QED) is 0.618. The van der Waals surface area contributed by atoms with E-state index in [0.717, 1.165) is 12.1 Å². The van der Waals surface area contributed by atoms with Crippen LogP contribution in [-0.2, 0) is 6.42 Å². The molecule has 0 heterocycles. The van der Waals surface area contributed by atoms with E-state index in [2.05, 4.69) is 41.1 Å². The van der Waals surface area contributed by atoms with Crippen molar-refractivity contribution in [2.75, 3.05) is 5.73 Å². The zero-order chi connectivity index (χ0) is 11.3. The zero-order valence-corrected chi connectivity index (χ0v) is 10.6. The van der Waals surface area contributed by atoms with Crippen molar-refractivity contribution < 1.29 is 0 Å². The molecule has 0 saturated carbocycles. The zero-order valence-electron chi connectivity index (χ0n) is 9.05. The summed E-state index contributed by atoms with van der Waals surface area (Å²) >= 11 is 3.58. The van der Waals surface area contributed by atoms with Gasteiger partial charge in [-0.15, -0.1) is 0 Å². The van der Waals surface area contributed by atoms with E-state index in [4.69, 9.17) is 5.73 Å². The Balaban J connectivity index is 2.30. The third kappa shape index (κ3) is 1.30. The van der Waals surface area contributed by atoms with E-state index in [9.17, 15) is 0 Å². The maximum Gasteiger partial charge on any atom is 0.0356 e. The first-order valence-electron chi connectivity index (χ1n) is 5.33. The standard InChI is InChI=1S/C14H12BrN/c1-8-5-11-9(7-13(8)15)6-12-10(11)3-2-4-14(12)16/h2-5,7H,6,16H2,1H3. The molecule has 2 aromatic carbocycles. The molecular formula is C14H12BrN. The molecule has 0 amide bonds. The van der Waals surface area contributed by atoms with E-state index in [1.54, 1.807) is 0 Å². The van der Waals surface area contributed by atoms with Gasteiger partial charge >= 0.3 is 0 Å². The first-order valence-corrected chi connectivity index (χ1v) is 6.13. The number of nitrogens with two attached hydrogens (primary N) is 1. The minimum atomic E-state index is 0.905. The highest BCUT2D eigenvalue weighted by atomic mass is 79.9. The smallest absolute Gasteiger partial charge is 0.0356 e. The maximum atomic E-state index is 6.02. The average molecular weight is 274 g/mol. The van der Waals surface area contributed by atoms with Crippen molar-refractivity contribution in [2.45, 2.75) is 13.3 Å². The Kier molecular flexibility index (Phi) is 2.08. The molecule has 16 heavy (non-hydrogen) atoms. The molecule has 0 bridgehead atoms. The number of nitrogen functional groups attached to an aromatic ring is 1. The predicted molar refractivity (Wildman–Crippen MR) is 71.5 cm³/mol. The van der Waals surface area contributed by atoms with Crippen LogP contribution in [0.1, 0.15) is 16.7 Å². The SMILES string of the molecule is Cc1cc2c(cc1Br)Cc1c(N)cccc1-2. The van der Waals surface area contributed by atoms with Gasteiger partial charge < -0.3 is 5.73 Å². The van der Waals surface area contributed by atoms with Crippen LogP contribution in [-0.4, -0.2) is 0 Å². The molecule has 3 rings (SSSR count). The van der Waals surface area contributed by atoms with Gasteiger partial charge in [0.2, 0.25) is 0 Å². The van der Waals surface area contributed by atoms with Crippen LogP contribution in [0.3, 0.4) is 0 Å². The fraction of sp³-hybridized carbons (Fsp3) is 0.143. The van der Waals surface area contributed by atoms with Crippen LogP contribution in [0.4, 0.5) is 5.69 Å². The van der Waals surface area contributed by atoms with Crippen molar-refractivity contribution in [3.05, 3.63) is 51.5 Å². The average Bonchev–Trinajstić information content (AvgIpc) is 2.59. The van der Waals surface area contributed by atoms with Gasteiger partial charge in [0.15, 0.2) is 0 Å². The highest BCUT2D eigenvalue weighted by Gasteiger charge is 2.20. The molecule has 0 radical (unpaired) electrons. The first-order chi connectivity index (χ1) is 7.66. The van der Waals surface area contributed by atoms with Crippen molar-refractivity contribution in [2.24, 2.45) is 0 Å². The van der Waals surface area contributed by atoms with Gasteiger partial charge in [0, 0.05) is 16.6 Å². The number of anilines is 1. The van der Waals surface area contributed by atoms with Crippen molar-refractivity contribution in [1.82, 2.24) is 0 Å². The minimum absolute atomic E-state index is 0.905. The molecule has 0 atom stereocenters. The predicted octanol–water partition coefficient (Wildman–Crippen LogP) is 3.91. The van der Waals surface area contributed by atoms with E-state index >= 15 is 0 Å². The van der Waals surface area contributed by atoms with Crippen LogP contribution in [0.15, 0.2) is 34.8 Å². The second-order valence-electron chi connectivity index (χ2n) is 4.31. The number of hydrogen-bond donors (Lipinski definition) is 1. The third-order valence-corrected chi connectivity index (χ3v) is 4.11. The summed E-state index contributed by atoms with van der Waals surface area (Å²) in [7, 11) is 0. The summed E-state index contributed by atoms with van der Waals surface area (Å²) in [6, 6.07) is 10.6. The summed E-state index contributed by atoms with van der Waals surface area (Å²) in [5, 5.41) is 0. The fourth-order valence-electron chi connectivity index (χ4n) is 2.36. The van der Waals surface area contributed by atoms with Crippen molar-refractivity contribution >= 4 is 21.6 Å². The number of benzene rings is 2. The molecule has 0 spiro atoms. The molecular weight excluding hydrogens is 262 g/mol. The van der Waals surface area contributed by atoms with Crippen LogP contribution in [0.25, 0.3) is 11.1 Å². The van der Waals surface area contributed by atoms with Crippen LogP contribution in [0.5, 0.6) is 0 Å². The molecule has 0 unspecified atom stereocenters. The summed E-state index contributed by atoms with van der Waals surface area (Å²) in [5.41, 5.74) is 13.5. The Labute approximate surface area is 103 Å². The molecule has 2 aromatic rings. The van der Waals surface area contributed by atoms with Crippen LogP contribution >= 0.6 is 15.9 Å². The Morgan fingerprint density at radius 2 is 2.00 bits per heavy atom. The number of aryl methyl sites for hydroxylation is 1. The lowest BCUT2D eigenvalue weighted by atomic mass is 10.0. The number of fused-ring (bicyclic) bond motifs is 3. The molecule has 0 aliphatic heterocycles. The van der Waals surface area contributed by atoms with Gasteiger partial charge in [0.05, 0.1) is 0 Å². The van der Waals surface area contributed by atoms with E-state index in [0.29, 0.717) is 0 Å². The van der Waals surface area contributed by atoms with Gasteiger partial charge in [-0.05, 0) is 46.9 Å². The Bertz CT molecular complexity index is 588. The first kappa shape index (κ1) is 9.91. The van der Waals surface area contributed by atoms with Crippen LogP contribution in [0.2, 0.25) is 0 Å². The van der Waals surface area contributed by atoms with E-state index in [-0.39, 0.29) is 0 Å². The van der Waals surface area contributed by atoms with Gasteiger partial charge in [0.1, 0.15) is 0 Å². The monoisotopic (exact) mass is 273 g/mol. The lowest BCUT2D eigenvalue weighted by molar-refractivity contribution is 1.25. The van der Waals surface area contributed by atoms with Crippen molar-refractivity contribution in [1.29, 1.82) is 0 Å². The maximum absolute atomic E-state index is 6.02. The Morgan fingerprint density at radius 3 is 2.81 bits per heavy atom. The van der Waals surface area contributed by atoms with Crippen molar-refractivity contribution in [3.63, 3.8) is 0 Å². The molecule has 0 fully saturated rings. The topological polar surface area (TPSA) is 26.0 Å². The number of halogens is 1. The Hall–Kier alpha value is -1.28. The fourth-order valence-corrected chi connectivity index (χ4v) is 2.76. The van der Waals surface area contributed by atoms with Gasteiger partial charge in [-0.25, -0.2) is 0 Å². The summed E-state index contributed by atoms with van der Waals surface area (Å²) in [4.78, 5) is 0. The molecule has 0 saturated heterocycles. The number of hydrogen-bond acceptors (Lipinski definition) is 1. The summed E-state index contributed by atoms with van der Waals surface area (Å²) in [5.74, 6) is 0. The van der Waals surface area contributed by atoms with Crippen molar-refractivity contribution in [3.8, 4) is 11.1 Å². The second kappa shape index (κ2) is 3.36. The molecule has 1 nitrogen and oxygen atoms in total. The van der Waals surface area contributed by atoms with Crippen LogP contribution in [0, 0.1) is 6.92 Å². The Morgan fingerprint density at radius 1 is 1.19 bits per heavy atom. The molecule has 1 aliphatic rings. The van der Waals surface area contributed by atoms with Gasteiger partial charge in [-0.2, -0.15) is 0 Å². The normalized spacial score (nSPS) is 12.4. The van der Waals surface area contributed by atoms with Gasteiger partial charge in [-0.1, -0.05) is 34.1 Å². The summed E-state index contributed by atoms with van der Waals surface area (Å²) < 4.78 is 1.18. The highest BCUT2D eigenvalue weighted by Crippen LogP contribution is 2.41. The highest BCUT2D eigenvalue weighted by molar-refractivity contribution is 9.10. The third-order valence-electron chi connectivity index (χ3n) is 3.25. The lowest BCUT2D eigenvalue weighted by Gasteiger charge is -2.05. The molecule has 2 N–H and O–H groups in total. The summed E-state index contributed by atoms with van der Waals surface area (Å²) in [6.45, 7) is 2.12. The largest absolute Gasteiger partial charge is 0.398 e. The van der Waals surface area contributed by atoms with Gasteiger partial charge in [0.25, 0.3) is 0 Å². The van der Waals surface area contributed by atoms with Crippen LogP contribution < -0.4 is 5.73 Å². The minimum Gasteiger partial charge on any atom is -0.398 e. The van der Waals surface area contributed by atoms with Gasteiger partial charge in [-0.3, -0.25) is 0 Å². The van der Waals surface area contributed by atoms with E-state index in [1.807, 2.05) is 12.1 Å². The molecule has 0 aromatic heterocycles. The number of rotatable bonds is 0. The molecule has 80 valence electrons. The lowest BCUT2D eigenvalue weighted by Crippen LogP contribution is -1.91. The second-order valence-corrected chi connectivity index (χ2v) is 5.16. The molecule has 2 heteroatoms. The van der Waals surface area contributed by atoms with E-state index < -0.39 is 0 Å².